The Hall–Kier alpha value is -0.970. The number of carbonyl (C=O) groups excluding carboxylic acids is 1. The van der Waals surface area contributed by atoms with Crippen molar-refractivity contribution in [3.05, 3.63) is 12.4 Å². The van der Waals surface area contributed by atoms with Gasteiger partial charge < -0.3 is 5.32 Å². The summed E-state index contributed by atoms with van der Waals surface area (Å²) in [6.45, 7) is 4.98. The standard InChI is InChI=1S/C10H17N3OS/c1-8(2)4-5-11-9(14)13-7-6-12-10(13)15-3/h6-8H,4-5H2,1-3H3,(H,11,14). The van der Waals surface area contributed by atoms with Crippen LogP contribution in [-0.2, 0) is 0 Å². The maximum atomic E-state index is 11.7. The Bertz CT molecular complexity index is 322. The lowest BCUT2D eigenvalue weighted by atomic mass is 10.1. The highest BCUT2D eigenvalue weighted by molar-refractivity contribution is 7.98. The molecule has 0 radical (unpaired) electrons. The van der Waals surface area contributed by atoms with E-state index in [4.69, 9.17) is 0 Å². The molecule has 0 fully saturated rings. The monoisotopic (exact) mass is 227 g/mol. The average molecular weight is 227 g/mol. The molecule has 0 saturated heterocycles. The number of hydrogen-bond acceptors (Lipinski definition) is 3. The molecule has 15 heavy (non-hydrogen) atoms. The zero-order valence-electron chi connectivity index (χ0n) is 9.36. The molecule has 0 spiro atoms. The number of amides is 1. The highest BCUT2D eigenvalue weighted by atomic mass is 32.2. The minimum atomic E-state index is -0.0995. The van der Waals surface area contributed by atoms with Gasteiger partial charge in [0.05, 0.1) is 0 Å². The van der Waals surface area contributed by atoms with Gasteiger partial charge in [0.2, 0.25) is 0 Å². The first-order valence-electron chi connectivity index (χ1n) is 5.00. The predicted octanol–water partition coefficient (Wildman–Crippen LogP) is 2.21. The number of nitrogens with one attached hydrogen (secondary N) is 1. The van der Waals surface area contributed by atoms with Gasteiger partial charge in [-0.05, 0) is 18.6 Å². The third-order valence-corrected chi connectivity index (χ3v) is 2.67. The van der Waals surface area contributed by atoms with E-state index >= 15 is 0 Å². The van der Waals surface area contributed by atoms with E-state index in [0.717, 1.165) is 11.6 Å². The first kappa shape index (κ1) is 12.1. The second-order valence-corrected chi connectivity index (χ2v) is 4.47. The van der Waals surface area contributed by atoms with Crippen LogP contribution in [0.15, 0.2) is 17.6 Å². The van der Waals surface area contributed by atoms with E-state index in [1.54, 1.807) is 12.4 Å². The summed E-state index contributed by atoms with van der Waals surface area (Å²) in [7, 11) is 0. The molecule has 1 N–H and O–H groups in total. The molecule has 0 saturated carbocycles. The number of rotatable bonds is 4. The van der Waals surface area contributed by atoms with Crippen LogP contribution in [0.3, 0.4) is 0 Å². The maximum absolute atomic E-state index is 11.7. The molecule has 0 aliphatic carbocycles. The highest BCUT2D eigenvalue weighted by Gasteiger charge is 2.08. The van der Waals surface area contributed by atoms with Gasteiger partial charge in [-0.3, -0.25) is 0 Å². The Morgan fingerprint density at radius 3 is 3.00 bits per heavy atom. The minimum Gasteiger partial charge on any atom is -0.337 e. The van der Waals surface area contributed by atoms with Gasteiger partial charge in [-0.2, -0.15) is 0 Å². The number of thioether (sulfide) groups is 1. The van der Waals surface area contributed by atoms with Crippen LogP contribution in [0.4, 0.5) is 4.79 Å². The molecule has 0 aliphatic heterocycles. The van der Waals surface area contributed by atoms with Crippen LogP contribution in [0, 0.1) is 5.92 Å². The van der Waals surface area contributed by atoms with Gasteiger partial charge >= 0.3 is 6.03 Å². The first-order chi connectivity index (χ1) is 7.15. The zero-order valence-corrected chi connectivity index (χ0v) is 10.2. The molecule has 5 heteroatoms. The van der Waals surface area contributed by atoms with Crippen molar-refractivity contribution >= 4 is 17.8 Å². The number of hydrogen-bond donors (Lipinski definition) is 1. The fraction of sp³-hybridized carbons (Fsp3) is 0.600. The van der Waals surface area contributed by atoms with Gasteiger partial charge in [0, 0.05) is 18.9 Å². The van der Waals surface area contributed by atoms with E-state index in [1.807, 2.05) is 6.26 Å². The second kappa shape index (κ2) is 5.80. The molecule has 0 bridgehead atoms. The summed E-state index contributed by atoms with van der Waals surface area (Å²) in [5, 5.41) is 3.58. The molecular formula is C10H17N3OS. The largest absolute Gasteiger partial charge is 0.337 e. The first-order valence-corrected chi connectivity index (χ1v) is 6.23. The highest BCUT2D eigenvalue weighted by Crippen LogP contribution is 2.10. The van der Waals surface area contributed by atoms with Crippen LogP contribution in [0.2, 0.25) is 0 Å². The summed E-state index contributed by atoms with van der Waals surface area (Å²) in [6, 6.07) is -0.0995. The van der Waals surface area contributed by atoms with Crippen LogP contribution in [0.1, 0.15) is 20.3 Å². The van der Waals surface area contributed by atoms with Crippen molar-refractivity contribution in [2.45, 2.75) is 25.4 Å². The molecule has 4 nitrogen and oxygen atoms in total. The lowest BCUT2D eigenvalue weighted by Crippen LogP contribution is -2.29. The molecule has 0 atom stereocenters. The molecule has 84 valence electrons. The van der Waals surface area contributed by atoms with E-state index in [2.05, 4.69) is 24.1 Å². The molecule has 1 heterocycles. The van der Waals surface area contributed by atoms with Crippen LogP contribution in [0.25, 0.3) is 0 Å². The average Bonchev–Trinajstić information content (AvgIpc) is 2.64. The van der Waals surface area contributed by atoms with Gasteiger partial charge in [0.15, 0.2) is 5.16 Å². The molecule has 1 aromatic heterocycles. The number of nitrogens with zero attached hydrogens (tertiary/aromatic N) is 2. The lowest BCUT2D eigenvalue weighted by Gasteiger charge is -2.08. The van der Waals surface area contributed by atoms with Crippen LogP contribution < -0.4 is 5.32 Å². The fourth-order valence-corrected chi connectivity index (χ4v) is 1.66. The van der Waals surface area contributed by atoms with E-state index in [9.17, 15) is 4.79 Å². The van der Waals surface area contributed by atoms with Crippen LogP contribution >= 0.6 is 11.8 Å². The third-order valence-electron chi connectivity index (χ3n) is 2.01. The summed E-state index contributed by atoms with van der Waals surface area (Å²) < 4.78 is 1.53. The zero-order chi connectivity index (χ0) is 11.3. The van der Waals surface area contributed by atoms with Gasteiger partial charge in [0.25, 0.3) is 0 Å². The minimum absolute atomic E-state index is 0.0995. The normalized spacial score (nSPS) is 10.7. The van der Waals surface area contributed by atoms with E-state index in [0.29, 0.717) is 12.5 Å². The Balaban J connectivity index is 2.47. The Kier molecular flexibility index (Phi) is 4.68. The number of aromatic nitrogens is 2. The maximum Gasteiger partial charge on any atom is 0.327 e. The van der Waals surface area contributed by atoms with Gasteiger partial charge in [-0.1, -0.05) is 25.6 Å². The summed E-state index contributed by atoms with van der Waals surface area (Å²) in [6.07, 6.45) is 6.21. The summed E-state index contributed by atoms with van der Waals surface area (Å²) in [5.74, 6) is 0.605. The predicted molar refractivity (Wildman–Crippen MR) is 62.3 cm³/mol. The molecule has 1 rings (SSSR count). The summed E-state index contributed by atoms with van der Waals surface area (Å²) in [5.41, 5.74) is 0. The summed E-state index contributed by atoms with van der Waals surface area (Å²) >= 11 is 1.46. The van der Waals surface area contributed by atoms with Crippen molar-refractivity contribution in [1.82, 2.24) is 14.9 Å². The lowest BCUT2D eigenvalue weighted by molar-refractivity contribution is 0.240. The van der Waals surface area contributed by atoms with E-state index in [-0.39, 0.29) is 6.03 Å². The van der Waals surface area contributed by atoms with Crippen molar-refractivity contribution in [3.63, 3.8) is 0 Å². The Labute approximate surface area is 94.5 Å². The van der Waals surface area contributed by atoms with E-state index in [1.165, 1.54) is 16.3 Å². The van der Waals surface area contributed by atoms with Crippen molar-refractivity contribution in [3.8, 4) is 0 Å². The second-order valence-electron chi connectivity index (χ2n) is 3.70. The molecule has 1 aromatic rings. The third kappa shape index (κ3) is 3.58. The van der Waals surface area contributed by atoms with Crippen LogP contribution in [0.5, 0.6) is 0 Å². The van der Waals surface area contributed by atoms with Crippen molar-refractivity contribution in [2.24, 2.45) is 5.92 Å². The van der Waals surface area contributed by atoms with Gasteiger partial charge in [-0.15, -0.1) is 0 Å². The topological polar surface area (TPSA) is 46.9 Å². The smallest absolute Gasteiger partial charge is 0.327 e. The Morgan fingerprint density at radius 1 is 1.67 bits per heavy atom. The SMILES string of the molecule is CSc1nccn1C(=O)NCCC(C)C. The molecule has 0 aromatic carbocycles. The van der Waals surface area contributed by atoms with Gasteiger partial charge in [0.1, 0.15) is 0 Å². The molecular weight excluding hydrogens is 210 g/mol. The molecule has 0 aliphatic rings. The number of carbonyl (C=O) groups is 1. The van der Waals surface area contributed by atoms with E-state index < -0.39 is 0 Å². The van der Waals surface area contributed by atoms with Crippen molar-refractivity contribution < 1.29 is 4.79 Å². The Morgan fingerprint density at radius 2 is 2.40 bits per heavy atom. The molecule has 1 amide bonds. The molecule has 0 unspecified atom stereocenters. The fourth-order valence-electron chi connectivity index (χ4n) is 1.15. The summed E-state index contributed by atoms with van der Waals surface area (Å²) in [4.78, 5) is 15.7. The quantitative estimate of drug-likeness (QED) is 0.802. The van der Waals surface area contributed by atoms with Crippen molar-refractivity contribution in [2.75, 3.05) is 12.8 Å². The van der Waals surface area contributed by atoms with Crippen LogP contribution in [-0.4, -0.2) is 28.4 Å². The van der Waals surface area contributed by atoms with Gasteiger partial charge in [-0.25, -0.2) is 14.3 Å². The van der Waals surface area contributed by atoms with Crippen molar-refractivity contribution in [1.29, 1.82) is 0 Å². The number of imidazole rings is 1.